The lowest BCUT2D eigenvalue weighted by atomic mass is 10.2. The van der Waals surface area contributed by atoms with Crippen molar-refractivity contribution in [3.05, 3.63) is 56.0 Å². The van der Waals surface area contributed by atoms with E-state index in [0.29, 0.717) is 20.9 Å². The molecule has 0 aliphatic carbocycles. The molecule has 1 aromatic heterocycles. The van der Waals surface area contributed by atoms with Crippen molar-refractivity contribution < 1.29 is 4.39 Å². The summed E-state index contributed by atoms with van der Waals surface area (Å²) in [6, 6.07) is 8.76. The molecule has 6 heteroatoms. The van der Waals surface area contributed by atoms with Gasteiger partial charge in [0, 0.05) is 0 Å². The molecule has 0 aliphatic heterocycles. The van der Waals surface area contributed by atoms with Gasteiger partial charge in [-0.15, -0.1) is 0 Å². The van der Waals surface area contributed by atoms with Crippen LogP contribution in [0.2, 0.25) is 5.02 Å². The number of hydrogen-bond donors (Lipinski definition) is 1. The Morgan fingerprint density at radius 1 is 1.35 bits per heavy atom. The van der Waals surface area contributed by atoms with Crippen molar-refractivity contribution in [2.24, 2.45) is 0 Å². The second kappa shape index (κ2) is 4.98. The number of aryl methyl sites for hydroxylation is 1. The first-order chi connectivity index (χ1) is 9.49. The minimum absolute atomic E-state index is 0.258. The summed E-state index contributed by atoms with van der Waals surface area (Å²) in [5, 5.41) is 0.595. The lowest BCUT2D eigenvalue weighted by Gasteiger charge is -2.09. The molecule has 3 aromatic rings. The number of fused-ring (bicyclic) bond motifs is 1. The molecule has 0 fully saturated rings. The Labute approximate surface area is 133 Å². The minimum atomic E-state index is -0.258. The van der Waals surface area contributed by atoms with E-state index in [2.05, 4.69) is 20.9 Å². The number of aromatic amines is 1. The number of halogens is 3. The second-order valence-corrected chi connectivity index (χ2v) is 6.04. The summed E-state index contributed by atoms with van der Waals surface area (Å²) in [7, 11) is 0. The van der Waals surface area contributed by atoms with Crippen LogP contribution < -0.4 is 0 Å². The highest BCUT2D eigenvalue weighted by Crippen LogP contribution is 2.31. The zero-order valence-electron chi connectivity index (χ0n) is 10.4. The Kier molecular flexibility index (Phi) is 3.44. The number of aromatic nitrogens is 2. The van der Waals surface area contributed by atoms with Crippen molar-refractivity contribution in [2.75, 3.05) is 0 Å². The second-order valence-electron chi connectivity index (χ2n) is 4.46. The summed E-state index contributed by atoms with van der Waals surface area (Å²) in [5.74, 6) is -0.258. The van der Waals surface area contributed by atoms with Gasteiger partial charge >= 0.3 is 0 Å². The Morgan fingerprint density at radius 2 is 2.10 bits per heavy atom. The highest BCUT2D eigenvalue weighted by Gasteiger charge is 2.13. The van der Waals surface area contributed by atoms with E-state index in [4.69, 9.17) is 23.8 Å². The third kappa shape index (κ3) is 2.10. The normalized spacial score (nSPS) is 11.2. The van der Waals surface area contributed by atoms with Gasteiger partial charge in [0.1, 0.15) is 5.82 Å². The fourth-order valence-corrected chi connectivity index (χ4v) is 3.05. The highest BCUT2D eigenvalue weighted by atomic mass is 79.9. The van der Waals surface area contributed by atoms with Gasteiger partial charge in [-0.25, -0.2) is 4.39 Å². The molecule has 0 radical (unpaired) electrons. The minimum Gasteiger partial charge on any atom is -0.330 e. The number of H-pyrrole nitrogens is 1. The van der Waals surface area contributed by atoms with Crippen LogP contribution in [0.25, 0.3) is 16.7 Å². The monoisotopic (exact) mass is 370 g/mol. The molecule has 0 saturated heterocycles. The summed E-state index contributed by atoms with van der Waals surface area (Å²) in [6.07, 6.45) is 0. The average Bonchev–Trinajstić information content (AvgIpc) is 2.69. The van der Waals surface area contributed by atoms with Crippen LogP contribution in [0.5, 0.6) is 0 Å². The van der Waals surface area contributed by atoms with Gasteiger partial charge in [0.05, 0.1) is 26.2 Å². The van der Waals surface area contributed by atoms with E-state index in [1.165, 1.54) is 6.07 Å². The molecule has 0 spiro atoms. The Bertz CT molecular complexity index is 885. The van der Waals surface area contributed by atoms with Crippen LogP contribution in [0.1, 0.15) is 5.56 Å². The van der Waals surface area contributed by atoms with Crippen LogP contribution >= 0.6 is 39.7 Å². The summed E-state index contributed by atoms with van der Waals surface area (Å²) in [5.41, 5.74) is 2.86. The third-order valence-electron chi connectivity index (χ3n) is 3.13. The summed E-state index contributed by atoms with van der Waals surface area (Å²) in [4.78, 5) is 3.01. The van der Waals surface area contributed by atoms with Gasteiger partial charge in [0.2, 0.25) is 0 Å². The van der Waals surface area contributed by atoms with E-state index in [-0.39, 0.29) is 5.82 Å². The van der Waals surface area contributed by atoms with Crippen molar-refractivity contribution in [1.82, 2.24) is 9.55 Å². The number of imidazole rings is 1. The van der Waals surface area contributed by atoms with E-state index in [1.54, 1.807) is 19.1 Å². The highest BCUT2D eigenvalue weighted by molar-refractivity contribution is 9.10. The van der Waals surface area contributed by atoms with Crippen molar-refractivity contribution in [1.29, 1.82) is 0 Å². The fraction of sp³-hybridized carbons (Fsp3) is 0.0714. The van der Waals surface area contributed by atoms with Gasteiger partial charge in [0.25, 0.3) is 0 Å². The molecule has 0 atom stereocenters. The Morgan fingerprint density at radius 3 is 2.85 bits per heavy atom. The molecule has 0 unspecified atom stereocenters. The molecule has 20 heavy (non-hydrogen) atoms. The molecule has 0 amide bonds. The maximum Gasteiger partial charge on any atom is 0.182 e. The van der Waals surface area contributed by atoms with Crippen molar-refractivity contribution in [3.8, 4) is 5.69 Å². The zero-order valence-corrected chi connectivity index (χ0v) is 13.5. The van der Waals surface area contributed by atoms with Gasteiger partial charge in [-0.05, 0) is 64.9 Å². The first-order valence-electron chi connectivity index (χ1n) is 5.84. The predicted octanol–water partition coefficient (Wildman–Crippen LogP) is 5.55. The summed E-state index contributed by atoms with van der Waals surface area (Å²) >= 11 is 14.9. The predicted molar refractivity (Wildman–Crippen MR) is 85.9 cm³/mol. The average molecular weight is 372 g/mol. The number of benzene rings is 2. The van der Waals surface area contributed by atoms with Crippen LogP contribution in [-0.4, -0.2) is 9.55 Å². The van der Waals surface area contributed by atoms with Crippen molar-refractivity contribution in [3.63, 3.8) is 0 Å². The van der Waals surface area contributed by atoms with Gasteiger partial charge < -0.3 is 4.98 Å². The maximum absolute atomic E-state index is 13.6. The molecular formula is C14H9BrClFN2S. The van der Waals surface area contributed by atoms with Crippen LogP contribution in [0.4, 0.5) is 4.39 Å². The molecule has 2 nitrogen and oxygen atoms in total. The number of rotatable bonds is 1. The SMILES string of the molecule is Cc1cc2c(cc1F)[nH]c(=S)n2-c1cccc(Cl)c1Br. The third-order valence-corrected chi connectivity index (χ3v) is 4.80. The van der Waals surface area contributed by atoms with E-state index in [9.17, 15) is 4.39 Å². The summed E-state index contributed by atoms with van der Waals surface area (Å²) in [6.45, 7) is 1.72. The van der Waals surface area contributed by atoms with Crippen molar-refractivity contribution in [2.45, 2.75) is 6.92 Å². The fourth-order valence-electron chi connectivity index (χ4n) is 2.14. The smallest absolute Gasteiger partial charge is 0.182 e. The first-order valence-corrected chi connectivity index (χ1v) is 7.42. The number of hydrogen-bond acceptors (Lipinski definition) is 1. The Hall–Kier alpha value is -1.17. The standard InChI is InChI=1S/C14H9BrClFN2S/c1-7-5-12-10(6-9(7)17)18-14(20)19(12)11-4-2-3-8(16)13(11)15/h2-6H,1H3,(H,18,20). The van der Waals surface area contributed by atoms with E-state index >= 15 is 0 Å². The van der Waals surface area contributed by atoms with E-state index < -0.39 is 0 Å². The van der Waals surface area contributed by atoms with Gasteiger partial charge in [-0.3, -0.25) is 4.57 Å². The molecule has 2 aromatic carbocycles. The molecule has 1 heterocycles. The Balaban J connectivity index is 2.42. The van der Waals surface area contributed by atoms with Crippen molar-refractivity contribution >= 4 is 50.8 Å². The summed E-state index contributed by atoms with van der Waals surface area (Å²) < 4.78 is 16.7. The van der Waals surface area contributed by atoms with Gasteiger partial charge in [0.15, 0.2) is 4.77 Å². The van der Waals surface area contributed by atoms with Crippen LogP contribution in [0.15, 0.2) is 34.8 Å². The van der Waals surface area contributed by atoms with Crippen LogP contribution in [-0.2, 0) is 0 Å². The number of nitrogens with one attached hydrogen (secondary N) is 1. The molecule has 0 aliphatic rings. The molecular weight excluding hydrogens is 363 g/mol. The molecule has 102 valence electrons. The lowest BCUT2D eigenvalue weighted by Crippen LogP contribution is -1.96. The quantitative estimate of drug-likeness (QED) is 0.556. The van der Waals surface area contributed by atoms with Crippen LogP contribution in [0.3, 0.4) is 0 Å². The van der Waals surface area contributed by atoms with E-state index in [1.807, 2.05) is 16.7 Å². The number of nitrogens with zero attached hydrogens (tertiary/aromatic N) is 1. The maximum atomic E-state index is 13.6. The topological polar surface area (TPSA) is 20.7 Å². The molecule has 0 bridgehead atoms. The molecule has 3 rings (SSSR count). The lowest BCUT2D eigenvalue weighted by molar-refractivity contribution is 0.620. The largest absolute Gasteiger partial charge is 0.330 e. The molecule has 0 saturated carbocycles. The van der Waals surface area contributed by atoms with E-state index in [0.717, 1.165) is 15.7 Å². The molecule has 1 N–H and O–H groups in total. The van der Waals surface area contributed by atoms with Gasteiger partial charge in [-0.1, -0.05) is 17.7 Å². The van der Waals surface area contributed by atoms with Gasteiger partial charge in [-0.2, -0.15) is 0 Å². The first kappa shape index (κ1) is 13.8. The van der Waals surface area contributed by atoms with Crippen LogP contribution in [0, 0.1) is 17.5 Å². The zero-order chi connectivity index (χ0) is 14.4.